The summed E-state index contributed by atoms with van der Waals surface area (Å²) in [5.41, 5.74) is 1.66. The minimum absolute atomic E-state index is 0.178. The predicted octanol–water partition coefficient (Wildman–Crippen LogP) is 4.02. The Morgan fingerprint density at radius 3 is 2.31 bits per heavy atom. The molecule has 0 aliphatic carbocycles. The smallest absolute Gasteiger partial charge is 0.261 e. The van der Waals surface area contributed by atoms with Crippen LogP contribution in [0.2, 0.25) is 0 Å². The van der Waals surface area contributed by atoms with Crippen molar-refractivity contribution in [2.24, 2.45) is 0 Å². The van der Waals surface area contributed by atoms with Crippen molar-refractivity contribution in [2.45, 2.75) is 19.3 Å². The van der Waals surface area contributed by atoms with Crippen LogP contribution in [0.4, 0.5) is 5.69 Å². The topological polar surface area (TPSA) is 84.9 Å². The lowest BCUT2D eigenvalue weighted by molar-refractivity contribution is -0.116. The quantitative estimate of drug-likeness (QED) is 0.618. The number of benzene rings is 3. The molecule has 3 amide bonds. The number of nitrogens with zero attached hydrogens (tertiary/aromatic N) is 1. The molecule has 7 nitrogen and oxygen atoms in total. The summed E-state index contributed by atoms with van der Waals surface area (Å²) in [5.74, 6) is 0.444. The number of nitrogens with one attached hydrogen (secondary N) is 1. The maximum absolute atomic E-state index is 12.9. The van der Waals surface area contributed by atoms with E-state index in [4.69, 9.17) is 9.47 Å². The summed E-state index contributed by atoms with van der Waals surface area (Å²) >= 11 is 0. The summed E-state index contributed by atoms with van der Waals surface area (Å²) in [6.07, 6.45) is 1.35. The maximum Gasteiger partial charge on any atom is 0.261 e. The lowest BCUT2D eigenvalue weighted by atomic mass is 9.94. The third-order valence-electron chi connectivity index (χ3n) is 5.67. The zero-order valence-electron chi connectivity index (χ0n) is 17.4. The monoisotopic (exact) mass is 430 g/mol. The molecule has 0 fully saturated rings. The molecule has 1 N–H and O–H groups in total. The van der Waals surface area contributed by atoms with E-state index in [9.17, 15) is 14.4 Å². The SMILES string of the molecule is O=C(CCCN1C(=O)c2cccc3cccc(c23)C1=O)Nc1ccc2c(c1)OCCCO2. The number of imide groups is 1. The van der Waals surface area contributed by atoms with Gasteiger partial charge in [-0.1, -0.05) is 24.3 Å². The highest BCUT2D eigenvalue weighted by Gasteiger charge is 2.32. The Bertz CT molecular complexity index is 1190. The highest BCUT2D eigenvalue weighted by molar-refractivity contribution is 6.25. The third-order valence-corrected chi connectivity index (χ3v) is 5.67. The second-order valence-electron chi connectivity index (χ2n) is 7.83. The Balaban J connectivity index is 1.22. The summed E-state index contributed by atoms with van der Waals surface area (Å²) < 4.78 is 11.2. The number of anilines is 1. The summed E-state index contributed by atoms with van der Waals surface area (Å²) in [6.45, 7) is 1.35. The highest BCUT2D eigenvalue weighted by atomic mass is 16.5. The van der Waals surface area contributed by atoms with Gasteiger partial charge in [-0.25, -0.2) is 0 Å². The molecule has 32 heavy (non-hydrogen) atoms. The lowest BCUT2D eigenvalue weighted by Gasteiger charge is -2.27. The van der Waals surface area contributed by atoms with Crippen molar-refractivity contribution in [3.05, 3.63) is 65.7 Å². The number of ether oxygens (including phenoxy) is 2. The van der Waals surface area contributed by atoms with E-state index in [2.05, 4.69) is 5.32 Å². The van der Waals surface area contributed by atoms with Crippen LogP contribution in [-0.4, -0.2) is 42.4 Å². The van der Waals surface area contributed by atoms with E-state index >= 15 is 0 Å². The van der Waals surface area contributed by atoms with Gasteiger partial charge in [0.05, 0.1) is 13.2 Å². The number of hydrogen-bond acceptors (Lipinski definition) is 5. The van der Waals surface area contributed by atoms with Crippen LogP contribution in [0.15, 0.2) is 54.6 Å². The van der Waals surface area contributed by atoms with Gasteiger partial charge in [0, 0.05) is 47.7 Å². The third kappa shape index (κ3) is 3.66. The second-order valence-corrected chi connectivity index (χ2v) is 7.83. The van der Waals surface area contributed by atoms with Gasteiger partial charge in [0.25, 0.3) is 11.8 Å². The van der Waals surface area contributed by atoms with Crippen molar-refractivity contribution in [1.29, 1.82) is 0 Å². The van der Waals surface area contributed by atoms with Crippen molar-refractivity contribution in [3.8, 4) is 11.5 Å². The molecule has 0 aromatic heterocycles. The molecule has 5 rings (SSSR count). The molecule has 162 valence electrons. The van der Waals surface area contributed by atoms with Gasteiger partial charge in [-0.05, 0) is 36.1 Å². The standard InChI is InChI=1S/C25H22N2O5/c28-22(26-17-10-11-20-21(15-17)32-14-4-13-31-20)9-3-12-27-24(29)18-7-1-5-16-6-2-8-19(23(16)18)25(27)30/h1-2,5-8,10-11,15H,3-4,9,12-14H2,(H,26,28). The summed E-state index contributed by atoms with van der Waals surface area (Å²) in [5, 5.41) is 4.41. The fourth-order valence-corrected chi connectivity index (χ4v) is 4.15. The molecular weight excluding hydrogens is 408 g/mol. The van der Waals surface area contributed by atoms with E-state index in [0.29, 0.717) is 53.3 Å². The molecule has 0 saturated heterocycles. The first-order valence-electron chi connectivity index (χ1n) is 10.7. The maximum atomic E-state index is 12.9. The zero-order chi connectivity index (χ0) is 22.1. The number of carbonyl (C=O) groups excluding carboxylic acids is 3. The van der Waals surface area contributed by atoms with Crippen LogP contribution in [0.3, 0.4) is 0 Å². The van der Waals surface area contributed by atoms with E-state index in [1.165, 1.54) is 4.90 Å². The van der Waals surface area contributed by atoms with Gasteiger partial charge in [-0.15, -0.1) is 0 Å². The van der Waals surface area contributed by atoms with Crippen LogP contribution in [0.1, 0.15) is 40.0 Å². The number of fused-ring (bicyclic) bond motifs is 1. The van der Waals surface area contributed by atoms with E-state index in [1.54, 1.807) is 30.3 Å². The lowest BCUT2D eigenvalue weighted by Crippen LogP contribution is -2.41. The van der Waals surface area contributed by atoms with Crippen LogP contribution >= 0.6 is 0 Å². The Morgan fingerprint density at radius 1 is 0.906 bits per heavy atom. The average molecular weight is 430 g/mol. The van der Waals surface area contributed by atoms with Crippen LogP contribution in [0.25, 0.3) is 10.8 Å². The molecule has 0 radical (unpaired) electrons. The molecule has 0 atom stereocenters. The second kappa shape index (κ2) is 8.34. The molecule has 2 aliphatic rings. The summed E-state index contributed by atoms with van der Waals surface area (Å²) in [4.78, 5) is 39.5. The van der Waals surface area contributed by atoms with Crippen LogP contribution in [0, 0.1) is 0 Å². The fraction of sp³-hybridized carbons (Fsp3) is 0.240. The van der Waals surface area contributed by atoms with E-state index in [0.717, 1.165) is 11.8 Å². The van der Waals surface area contributed by atoms with E-state index in [1.807, 2.05) is 24.3 Å². The van der Waals surface area contributed by atoms with Gasteiger partial charge in [0.2, 0.25) is 5.91 Å². The summed E-state index contributed by atoms with van der Waals surface area (Å²) in [7, 11) is 0. The Hall–Kier alpha value is -3.87. The number of carbonyl (C=O) groups is 3. The van der Waals surface area contributed by atoms with E-state index < -0.39 is 0 Å². The first-order valence-corrected chi connectivity index (χ1v) is 10.7. The minimum atomic E-state index is -0.317. The van der Waals surface area contributed by atoms with Gasteiger partial charge in [-0.2, -0.15) is 0 Å². The molecule has 3 aromatic rings. The number of rotatable bonds is 5. The minimum Gasteiger partial charge on any atom is -0.490 e. The van der Waals surface area contributed by atoms with Crippen LogP contribution < -0.4 is 14.8 Å². The van der Waals surface area contributed by atoms with Gasteiger partial charge in [-0.3, -0.25) is 19.3 Å². The van der Waals surface area contributed by atoms with Crippen LogP contribution in [0.5, 0.6) is 11.5 Å². The first-order chi connectivity index (χ1) is 15.6. The normalized spacial score (nSPS) is 14.9. The molecule has 2 aliphatic heterocycles. The molecular formula is C25H22N2O5. The van der Waals surface area contributed by atoms with Gasteiger partial charge < -0.3 is 14.8 Å². The highest BCUT2D eigenvalue weighted by Crippen LogP contribution is 2.33. The molecule has 0 unspecified atom stereocenters. The van der Waals surface area contributed by atoms with Crippen molar-refractivity contribution >= 4 is 34.2 Å². The van der Waals surface area contributed by atoms with Crippen molar-refractivity contribution in [1.82, 2.24) is 4.90 Å². The largest absolute Gasteiger partial charge is 0.490 e. The first kappa shape index (κ1) is 20.1. The molecule has 0 bridgehead atoms. The van der Waals surface area contributed by atoms with E-state index in [-0.39, 0.29) is 30.7 Å². The predicted molar refractivity (Wildman–Crippen MR) is 119 cm³/mol. The molecule has 7 heteroatoms. The molecule has 0 spiro atoms. The average Bonchev–Trinajstić information content (AvgIpc) is 3.04. The van der Waals surface area contributed by atoms with Gasteiger partial charge in [0.1, 0.15) is 0 Å². The van der Waals surface area contributed by atoms with Crippen molar-refractivity contribution in [2.75, 3.05) is 25.1 Å². The van der Waals surface area contributed by atoms with Gasteiger partial charge >= 0.3 is 0 Å². The Kier molecular flexibility index (Phi) is 5.23. The summed E-state index contributed by atoms with van der Waals surface area (Å²) in [6, 6.07) is 16.2. The zero-order valence-corrected chi connectivity index (χ0v) is 17.4. The number of amides is 3. The van der Waals surface area contributed by atoms with Crippen molar-refractivity contribution in [3.63, 3.8) is 0 Å². The molecule has 2 heterocycles. The number of hydrogen-bond donors (Lipinski definition) is 1. The Morgan fingerprint density at radius 2 is 1.59 bits per heavy atom. The molecule has 0 saturated carbocycles. The fourth-order valence-electron chi connectivity index (χ4n) is 4.15. The Labute approximate surface area is 184 Å². The molecule has 3 aromatic carbocycles. The van der Waals surface area contributed by atoms with Gasteiger partial charge in [0.15, 0.2) is 11.5 Å². The van der Waals surface area contributed by atoms with Crippen LogP contribution in [-0.2, 0) is 4.79 Å². The van der Waals surface area contributed by atoms with Crippen molar-refractivity contribution < 1.29 is 23.9 Å².